The highest BCUT2D eigenvalue weighted by molar-refractivity contribution is 6.45. The van der Waals surface area contributed by atoms with E-state index in [-0.39, 0.29) is 11.8 Å². The van der Waals surface area contributed by atoms with Crippen LogP contribution in [0.25, 0.3) is 5.57 Å². The minimum absolute atomic E-state index is 0.304. The van der Waals surface area contributed by atoms with Crippen LogP contribution in [0, 0.1) is 5.92 Å². The second kappa shape index (κ2) is 7.93. The normalized spacial score (nSPS) is 19.4. The van der Waals surface area contributed by atoms with Gasteiger partial charge in [0.15, 0.2) is 11.5 Å². The number of anilines is 1. The molecule has 1 fully saturated rings. The van der Waals surface area contributed by atoms with Gasteiger partial charge in [0, 0.05) is 24.2 Å². The van der Waals surface area contributed by atoms with Gasteiger partial charge in [-0.1, -0.05) is 30.7 Å². The lowest BCUT2D eigenvalue weighted by Gasteiger charge is -2.32. The van der Waals surface area contributed by atoms with E-state index < -0.39 is 0 Å². The predicted octanol–water partition coefficient (Wildman–Crippen LogP) is 4.13. The third kappa shape index (κ3) is 3.55. The molecule has 31 heavy (non-hydrogen) atoms. The molecule has 3 aliphatic rings. The number of fused-ring (bicyclic) bond motifs is 1. The summed E-state index contributed by atoms with van der Waals surface area (Å²) in [6.07, 6.45) is 1.98. The van der Waals surface area contributed by atoms with Gasteiger partial charge in [-0.2, -0.15) is 0 Å². The predicted molar refractivity (Wildman–Crippen MR) is 118 cm³/mol. The molecule has 0 atom stereocenters. The van der Waals surface area contributed by atoms with Crippen molar-refractivity contribution < 1.29 is 19.1 Å². The van der Waals surface area contributed by atoms with Crippen molar-refractivity contribution in [3.05, 3.63) is 58.7 Å². The summed E-state index contributed by atoms with van der Waals surface area (Å²) in [6, 6.07) is 12.2. The lowest BCUT2D eigenvalue weighted by Crippen LogP contribution is -2.38. The van der Waals surface area contributed by atoms with Crippen LogP contribution in [0.5, 0.6) is 11.5 Å². The highest BCUT2D eigenvalue weighted by Gasteiger charge is 2.43. The molecule has 0 radical (unpaired) electrons. The third-order valence-corrected chi connectivity index (χ3v) is 6.33. The number of halogens is 1. The number of hydrogen-bond donors (Lipinski definition) is 0. The van der Waals surface area contributed by atoms with Crippen LogP contribution in [-0.4, -0.2) is 43.0 Å². The molecule has 2 aromatic rings. The molecule has 6 nitrogen and oxygen atoms in total. The van der Waals surface area contributed by atoms with Crippen LogP contribution in [0.15, 0.2) is 48.2 Å². The first-order chi connectivity index (χ1) is 15.0. The van der Waals surface area contributed by atoms with Crippen molar-refractivity contribution in [2.75, 3.05) is 31.2 Å². The van der Waals surface area contributed by atoms with Crippen molar-refractivity contribution in [1.82, 2.24) is 4.90 Å². The summed E-state index contributed by atoms with van der Waals surface area (Å²) in [6.45, 7) is 4.63. The first-order valence-corrected chi connectivity index (χ1v) is 10.9. The van der Waals surface area contributed by atoms with Crippen LogP contribution in [0.4, 0.5) is 5.69 Å². The molecule has 0 spiro atoms. The molecule has 160 valence electrons. The second-order valence-electron chi connectivity index (χ2n) is 8.17. The monoisotopic (exact) mass is 438 g/mol. The van der Waals surface area contributed by atoms with Crippen LogP contribution in [-0.2, 0) is 9.59 Å². The molecule has 1 saturated heterocycles. The zero-order valence-electron chi connectivity index (χ0n) is 17.3. The van der Waals surface area contributed by atoms with Gasteiger partial charge < -0.3 is 14.4 Å². The average molecular weight is 439 g/mol. The van der Waals surface area contributed by atoms with Gasteiger partial charge in [-0.15, -0.1) is 0 Å². The molecule has 5 rings (SSSR count). The number of nitrogens with zero attached hydrogens (tertiary/aromatic N) is 2. The molecule has 3 heterocycles. The third-order valence-electron chi connectivity index (χ3n) is 6.08. The summed E-state index contributed by atoms with van der Waals surface area (Å²) in [5.41, 5.74) is 2.06. The zero-order valence-corrected chi connectivity index (χ0v) is 18.0. The number of ether oxygens (including phenoxy) is 2. The van der Waals surface area contributed by atoms with E-state index in [1.165, 1.54) is 4.90 Å². The number of rotatable bonds is 3. The fraction of sp³-hybridized carbons (Fsp3) is 0.333. The van der Waals surface area contributed by atoms with Crippen molar-refractivity contribution in [2.24, 2.45) is 5.92 Å². The lowest BCUT2D eigenvalue weighted by molar-refractivity contribution is -0.120. The summed E-state index contributed by atoms with van der Waals surface area (Å²) >= 11 is 6.06. The van der Waals surface area contributed by atoms with E-state index in [0.29, 0.717) is 58.2 Å². The minimum Gasteiger partial charge on any atom is -0.486 e. The molecule has 0 aliphatic carbocycles. The van der Waals surface area contributed by atoms with Gasteiger partial charge in [-0.3, -0.25) is 9.59 Å². The van der Waals surface area contributed by atoms with Crippen LogP contribution in [0.2, 0.25) is 5.02 Å². The van der Waals surface area contributed by atoms with E-state index in [2.05, 4.69) is 11.8 Å². The number of hydrogen-bond acceptors (Lipinski definition) is 5. The van der Waals surface area contributed by atoms with Gasteiger partial charge in [0.25, 0.3) is 11.8 Å². The molecule has 7 heteroatoms. The van der Waals surface area contributed by atoms with E-state index in [1.54, 1.807) is 42.5 Å². The highest BCUT2D eigenvalue weighted by atomic mass is 35.5. The largest absolute Gasteiger partial charge is 0.486 e. The minimum atomic E-state index is -0.336. The van der Waals surface area contributed by atoms with E-state index in [0.717, 1.165) is 25.9 Å². The van der Waals surface area contributed by atoms with Gasteiger partial charge >= 0.3 is 0 Å². The number of imide groups is 1. The summed E-state index contributed by atoms with van der Waals surface area (Å²) in [5.74, 6) is 1.12. The van der Waals surface area contributed by atoms with Crippen molar-refractivity contribution in [2.45, 2.75) is 19.8 Å². The average Bonchev–Trinajstić information content (AvgIpc) is 3.04. The second-order valence-corrected chi connectivity index (χ2v) is 8.61. The number of amides is 2. The Bertz CT molecular complexity index is 1070. The summed E-state index contributed by atoms with van der Waals surface area (Å²) < 4.78 is 11.2. The quantitative estimate of drug-likeness (QED) is 0.674. The maximum absolute atomic E-state index is 13.6. The Morgan fingerprint density at radius 2 is 1.58 bits per heavy atom. The molecule has 0 bridgehead atoms. The van der Waals surface area contributed by atoms with Gasteiger partial charge in [-0.25, -0.2) is 4.90 Å². The molecule has 0 saturated carbocycles. The number of carbonyl (C=O) groups is 2. The number of likely N-dealkylation sites (tertiary alicyclic amines) is 1. The van der Waals surface area contributed by atoms with Gasteiger partial charge in [0.2, 0.25) is 0 Å². The Balaban J connectivity index is 1.57. The van der Waals surface area contributed by atoms with Gasteiger partial charge in [-0.05, 0) is 48.6 Å². The molecule has 0 unspecified atom stereocenters. The molecular weight excluding hydrogens is 416 g/mol. The topological polar surface area (TPSA) is 59.1 Å². The Morgan fingerprint density at radius 3 is 2.29 bits per heavy atom. The fourth-order valence-corrected chi connectivity index (χ4v) is 4.45. The molecule has 0 N–H and O–H groups in total. The highest BCUT2D eigenvalue weighted by Crippen LogP contribution is 2.40. The Kier molecular flexibility index (Phi) is 5.10. The van der Waals surface area contributed by atoms with Crippen LogP contribution in [0.3, 0.4) is 0 Å². The molecule has 2 aromatic carbocycles. The molecule has 0 aromatic heterocycles. The number of carbonyl (C=O) groups excluding carboxylic acids is 2. The summed E-state index contributed by atoms with van der Waals surface area (Å²) in [7, 11) is 0. The van der Waals surface area contributed by atoms with Crippen molar-refractivity contribution in [3.8, 4) is 11.5 Å². The Labute approximate surface area is 186 Å². The number of piperidine rings is 1. The summed E-state index contributed by atoms with van der Waals surface area (Å²) in [4.78, 5) is 30.5. The summed E-state index contributed by atoms with van der Waals surface area (Å²) in [5, 5.41) is 0.582. The standard InChI is InChI=1S/C24H23ClN2O4/c1-15-8-10-26(11-9-15)22-21(16-2-4-17(25)5-3-16)23(28)27(24(22)29)18-6-7-19-20(14-18)31-13-12-30-19/h2-7,14-15H,8-13H2,1H3. The van der Waals surface area contributed by atoms with Crippen molar-refractivity contribution in [3.63, 3.8) is 0 Å². The van der Waals surface area contributed by atoms with Crippen molar-refractivity contribution >= 4 is 34.7 Å². The van der Waals surface area contributed by atoms with Gasteiger partial charge in [0.05, 0.1) is 11.3 Å². The first kappa shape index (κ1) is 19.9. The molecule has 2 amide bonds. The van der Waals surface area contributed by atoms with Crippen LogP contribution in [0.1, 0.15) is 25.3 Å². The van der Waals surface area contributed by atoms with Crippen LogP contribution >= 0.6 is 11.6 Å². The molecular formula is C24H23ClN2O4. The van der Waals surface area contributed by atoms with E-state index in [1.807, 2.05) is 0 Å². The van der Waals surface area contributed by atoms with Gasteiger partial charge in [0.1, 0.15) is 18.9 Å². The Hall–Kier alpha value is -2.99. The van der Waals surface area contributed by atoms with E-state index in [9.17, 15) is 9.59 Å². The van der Waals surface area contributed by atoms with Crippen LogP contribution < -0.4 is 14.4 Å². The first-order valence-electron chi connectivity index (χ1n) is 10.6. The van der Waals surface area contributed by atoms with E-state index in [4.69, 9.17) is 21.1 Å². The maximum atomic E-state index is 13.6. The zero-order chi connectivity index (χ0) is 21.5. The van der Waals surface area contributed by atoms with Crippen molar-refractivity contribution in [1.29, 1.82) is 0 Å². The van der Waals surface area contributed by atoms with E-state index >= 15 is 0 Å². The molecule has 3 aliphatic heterocycles. The smallest absolute Gasteiger partial charge is 0.282 e. The maximum Gasteiger partial charge on any atom is 0.282 e. The SMILES string of the molecule is CC1CCN(C2=C(c3ccc(Cl)cc3)C(=O)N(c3ccc4c(c3)OCCO4)C2=O)CC1. The Morgan fingerprint density at radius 1 is 0.903 bits per heavy atom. The lowest BCUT2D eigenvalue weighted by atomic mass is 9.97. The fourth-order valence-electron chi connectivity index (χ4n) is 4.33. The number of benzene rings is 2.